The van der Waals surface area contributed by atoms with Crippen LogP contribution >= 0.6 is 11.3 Å². The summed E-state index contributed by atoms with van der Waals surface area (Å²) in [6.07, 6.45) is 1.18. The van der Waals surface area contributed by atoms with E-state index in [1.165, 1.54) is 10.4 Å². The first-order chi connectivity index (χ1) is 11.5. The molecule has 2 N–H and O–H groups in total. The van der Waals surface area contributed by atoms with E-state index in [2.05, 4.69) is 30.6 Å². The second kappa shape index (κ2) is 7.64. The molecule has 2 heterocycles. The summed E-state index contributed by atoms with van der Waals surface area (Å²) >= 11 is 1.75. The van der Waals surface area contributed by atoms with E-state index in [-0.39, 0.29) is 18.0 Å². The standard InChI is InChI=1S/C19H25FN2OS/c1-13-7-10-24-19(13)14(2)21-12-15-3-4-18(17(20)11-15)22-8-5-16(23)6-9-22/h3-4,7,10-11,14,16,21,23H,5-6,8-9,12H2,1-2H3. The van der Waals surface area contributed by atoms with Gasteiger partial charge in [-0.1, -0.05) is 6.07 Å². The number of aliphatic hydroxyl groups is 1. The van der Waals surface area contributed by atoms with Crippen LogP contribution in [0.5, 0.6) is 0 Å². The molecule has 130 valence electrons. The molecule has 0 radical (unpaired) electrons. The number of hydrogen-bond acceptors (Lipinski definition) is 4. The van der Waals surface area contributed by atoms with E-state index >= 15 is 0 Å². The number of halogens is 1. The molecular formula is C19H25FN2OS. The maximum absolute atomic E-state index is 14.5. The summed E-state index contributed by atoms with van der Waals surface area (Å²) in [6.45, 7) is 6.33. The molecule has 0 amide bonds. The minimum absolute atomic E-state index is 0.175. The highest BCUT2D eigenvalue weighted by atomic mass is 32.1. The quantitative estimate of drug-likeness (QED) is 0.857. The van der Waals surface area contributed by atoms with Crippen molar-refractivity contribution in [3.05, 3.63) is 51.5 Å². The first-order valence-electron chi connectivity index (χ1n) is 8.53. The number of anilines is 1. The zero-order chi connectivity index (χ0) is 17.1. The third-order valence-corrected chi connectivity index (χ3v) is 5.93. The molecule has 1 atom stereocenters. The minimum atomic E-state index is -0.241. The van der Waals surface area contributed by atoms with Crippen LogP contribution in [0.3, 0.4) is 0 Å². The second-order valence-electron chi connectivity index (χ2n) is 6.57. The molecule has 0 saturated carbocycles. The van der Waals surface area contributed by atoms with Gasteiger partial charge in [-0.25, -0.2) is 4.39 Å². The van der Waals surface area contributed by atoms with Gasteiger partial charge in [-0.3, -0.25) is 0 Å². The number of aliphatic hydroxyl groups excluding tert-OH is 1. The summed E-state index contributed by atoms with van der Waals surface area (Å²) < 4.78 is 14.5. The Morgan fingerprint density at radius 1 is 1.33 bits per heavy atom. The highest BCUT2D eigenvalue weighted by molar-refractivity contribution is 7.10. The molecule has 1 aliphatic rings. The second-order valence-corrected chi connectivity index (χ2v) is 7.52. The lowest BCUT2D eigenvalue weighted by Crippen LogP contribution is -2.36. The van der Waals surface area contributed by atoms with Gasteiger partial charge in [0.2, 0.25) is 0 Å². The molecule has 1 unspecified atom stereocenters. The van der Waals surface area contributed by atoms with Gasteiger partial charge in [0.05, 0.1) is 11.8 Å². The molecule has 24 heavy (non-hydrogen) atoms. The Labute approximate surface area is 147 Å². The fourth-order valence-electron chi connectivity index (χ4n) is 3.22. The SMILES string of the molecule is Cc1ccsc1C(C)NCc1ccc(N2CCC(O)CC2)c(F)c1. The van der Waals surface area contributed by atoms with Gasteiger partial charge in [0.1, 0.15) is 5.82 Å². The molecule has 0 aliphatic carbocycles. The summed E-state index contributed by atoms with van der Waals surface area (Å²) in [7, 11) is 0. The van der Waals surface area contributed by atoms with E-state index in [1.807, 2.05) is 17.0 Å². The monoisotopic (exact) mass is 348 g/mol. The Bertz CT molecular complexity index is 680. The van der Waals surface area contributed by atoms with Gasteiger partial charge in [0.15, 0.2) is 0 Å². The predicted molar refractivity (Wildman–Crippen MR) is 98.2 cm³/mol. The van der Waals surface area contributed by atoms with Crippen molar-refractivity contribution in [1.82, 2.24) is 5.32 Å². The van der Waals surface area contributed by atoms with Crippen molar-refractivity contribution in [2.24, 2.45) is 0 Å². The largest absolute Gasteiger partial charge is 0.393 e. The fraction of sp³-hybridized carbons (Fsp3) is 0.474. The van der Waals surface area contributed by atoms with Gasteiger partial charge < -0.3 is 15.3 Å². The van der Waals surface area contributed by atoms with Gasteiger partial charge in [-0.05, 0) is 61.4 Å². The molecular weight excluding hydrogens is 323 g/mol. The maximum atomic E-state index is 14.5. The van der Waals surface area contributed by atoms with E-state index < -0.39 is 0 Å². The van der Waals surface area contributed by atoms with Gasteiger partial charge in [-0.2, -0.15) is 0 Å². The summed E-state index contributed by atoms with van der Waals surface area (Å²) in [6, 6.07) is 7.87. The lowest BCUT2D eigenvalue weighted by molar-refractivity contribution is 0.145. The van der Waals surface area contributed by atoms with Gasteiger partial charge in [-0.15, -0.1) is 11.3 Å². The lowest BCUT2D eigenvalue weighted by Gasteiger charge is -2.31. The average molecular weight is 348 g/mol. The third kappa shape index (κ3) is 3.97. The van der Waals surface area contributed by atoms with Crippen LogP contribution in [0.25, 0.3) is 0 Å². The van der Waals surface area contributed by atoms with Crippen LogP contribution < -0.4 is 10.2 Å². The molecule has 0 bridgehead atoms. The first-order valence-corrected chi connectivity index (χ1v) is 9.41. The molecule has 3 nitrogen and oxygen atoms in total. The van der Waals surface area contributed by atoms with Crippen molar-refractivity contribution >= 4 is 17.0 Å². The summed E-state index contributed by atoms with van der Waals surface area (Å²) in [5, 5.41) is 15.2. The van der Waals surface area contributed by atoms with Crippen LogP contribution in [-0.2, 0) is 6.54 Å². The Hall–Kier alpha value is -1.43. The maximum Gasteiger partial charge on any atom is 0.146 e. The van der Waals surface area contributed by atoms with E-state index in [1.54, 1.807) is 17.4 Å². The topological polar surface area (TPSA) is 35.5 Å². The molecule has 5 heteroatoms. The van der Waals surface area contributed by atoms with Crippen molar-refractivity contribution in [2.45, 2.75) is 45.4 Å². The minimum Gasteiger partial charge on any atom is -0.393 e. The number of aryl methyl sites for hydroxylation is 1. The number of rotatable bonds is 5. The van der Waals surface area contributed by atoms with Crippen LogP contribution in [0, 0.1) is 12.7 Å². The summed E-state index contributed by atoms with van der Waals surface area (Å²) in [4.78, 5) is 3.36. The Morgan fingerprint density at radius 3 is 2.71 bits per heavy atom. The van der Waals surface area contributed by atoms with Crippen molar-refractivity contribution < 1.29 is 9.50 Å². The molecule has 2 aromatic rings. The molecule has 1 fully saturated rings. The lowest BCUT2D eigenvalue weighted by atomic mass is 10.1. The Balaban J connectivity index is 1.61. The number of piperidine rings is 1. The Kier molecular flexibility index (Phi) is 5.54. The van der Waals surface area contributed by atoms with Crippen molar-refractivity contribution in [3.63, 3.8) is 0 Å². The number of benzene rings is 1. The zero-order valence-electron chi connectivity index (χ0n) is 14.3. The molecule has 3 rings (SSSR count). The van der Waals surface area contributed by atoms with E-state index in [0.717, 1.165) is 5.56 Å². The number of nitrogens with zero attached hydrogens (tertiary/aromatic N) is 1. The van der Waals surface area contributed by atoms with Crippen molar-refractivity contribution in [3.8, 4) is 0 Å². The first kappa shape index (κ1) is 17.4. The molecule has 0 spiro atoms. The Morgan fingerprint density at radius 2 is 2.08 bits per heavy atom. The predicted octanol–water partition coefficient (Wildman–Crippen LogP) is 4.01. The highest BCUT2D eigenvalue weighted by Crippen LogP contribution is 2.26. The molecule has 1 aromatic carbocycles. The van der Waals surface area contributed by atoms with Crippen LogP contribution in [0.15, 0.2) is 29.6 Å². The number of thiophene rings is 1. The van der Waals surface area contributed by atoms with E-state index in [0.29, 0.717) is 38.2 Å². The molecule has 1 aromatic heterocycles. The van der Waals surface area contributed by atoms with Crippen molar-refractivity contribution in [2.75, 3.05) is 18.0 Å². The third-order valence-electron chi connectivity index (χ3n) is 4.72. The number of nitrogens with one attached hydrogen (secondary N) is 1. The van der Waals surface area contributed by atoms with E-state index in [9.17, 15) is 9.50 Å². The van der Waals surface area contributed by atoms with E-state index in [4.69, 9.17) is 0 Å². The van der Waals surface area contributed by atoms with Crippen LogP contribution in [-0.4, -0.2) is 24.3 Å². The average Bonchev–Trinajstić information content (AvgIpc) is 3.00. The smallest absolute Gasteiger partial charge is 0.146 e. The summed E-state index contributed by atoms with van der Waals surface area (Å²) in [5.41, 5.74) is 2.90. The highest BCUT2D eigenvalue weighted by Gasteiger charge is 2.19. The fourth-order valence-corrected chi connectivity index (χ4v) is 4.18. The van der Waals surface area contributed by atoms with Crippen LogP contribution in [0.2, 0.25) is 0 Å². The normalized spacial score (nSPS) is 17.2. The van der Waals surface area contributed by atoms with Gasteiger partial charge in [0.25, 0.3) is 0 Å². The van der Waals surface area contributed by atoms with Crippen LogP contribution in [0.1, 0.15) is 41.8 Å². The summed E-state index contributed by atoms with van der Waals surface area (Å²) in [5.74, 6) is -0.175. The van der Waals surface area contributed by atoms with Crippen molar-refractivity contribution in [1.29, 1.82) is 0 Å². The molecule has 1 aliphatic heterocycles. The zero-order valence-corrected chi connectivity index (χ0v) is 15.1. The van der Waals surface area contributed by atoms with Gasteiger partial charge >= 0.3 is 0 Å². The molecule has 1 saturated heterocycles. The van der Waals surface area contributed by atoms with Crippen LogP contribution in [0.4, 0.5) is 10.1 Å². The number of hydrogen-bond donors (Lipinski definition) is 2. The van der Waals surface area contributed by atoms with Gasteiger partial charge in [0, 0.05) is 30.6 Å².